The number of cyclic esters (lactones) is 2. The van der Waals surface area contributed by atoms with Crippen LogP contribution in [0.3, 0.4) is 0 Å². The molecule has 4 nitrogen and oxygen atoms in total. The van der Waals surface area contributed by atoms with Gasteiger partial charge in [-0.05, 0) is 48.0 Å². The van der Waals surface area contributed by atoms with Crippen molar-refractivity contribution < 1.29 is 14.3 Å². The van der Waals surface area contributed by atoms with Crippen LogP contribution in [0.15, 0.2) is 30.3 Å². The van der Waals surface area contributed by atoms with E-state index >= 15 is 0 Å². The average Bonchev–Trinajstić information content (AvgIpc) is 2.88. The van der Waals surface area contributed by atoms with Crippen molar-refractivity contribution in [1.29, 1.82) is 0 Å². The van der Waals surface area contributed by atoms with Gasteiger partial charge >= 0.3 is 11.9 Å². The second-order valence-electron chi connectivity index (χ2n) is 11.2. The lowest BCUT2D eigenvalue weighted by molar-refractivity contribution is -0.156. The van der Waals surface area contributed by atoms with Crippen LogP contribution in [0.2, 0.25) is 0 Å². The van der Waals surface area contributed by atoms with Crippen LogP contribution >= 0.6 is 0 Å². The highest BCUT2D eigenvalue weighted by Crippen LogP contribution is 2.62. The highest BCUT2D eigenvalue weighted by Gasteiger charge is 2.63. The first kappa shape index (κ1) is 23.6. The Hall–Kier alpha value is -1.68. The molecule has 162 valence electrons. The van der Waals surface area contributed by atoms with Crippen LogP contribution < -0.4 is 5.73 Å². The second kappa shape index (κ2) is 7.54. The van der Waals surface area contributed by atoms with Crippen molar-refractivity contribution in [2.24, 2.45) is 33.8 Å². The molecular weight excluding hydrogens is 362 g/mol. The lowest BCUT2D eigenvalue weighted by Gasteiger charge is -2.56. The van der Waals surface area contributed by atoms with E-state index in [1.165, 1.54) is 5.56 Å². The van der Waals surface area contributed by atoms with E-state index in [4.69, 9.17) is 10.5 Å². The number of carbonyl (C=O) groups excluding carboxylic acids is 2. The number of carbonyl (C=O) groups is 2. The van der Waals surface area contributed by atoms with Crippen molar-refractivity contribution in [3.05, 3.63) is 35.9 Å². The standard InChI is InChI=1S/C25H39NO3/c1-10-25(9,18-17(24(7,8)26)20(27)29-21(18)28)23(5,6)19(22(2,3)4)16-14-12-11-13-15-16/h11-15,17-19H,10,26H2,1-9H3. The van der Waals surface area contributed by atoms with Crippen molar-refractivity contribution in [2.75, 3.05) is 0 Å². The fraction of sp³-hybridized carbons (Fsp3) is 0.680. The van der Waals surface area contributed by atoms with Gasteiger partial charge in [0.1, 0.15) is 0 Å². The smallest absolute Gasteiger partial charge is 0.319 e. The predicted molar refractivity (Wildman–Crippen MR) is 117 cm³/mol. The van der Waals surface area contributed by atoms with Gasteiger partial charge in [0, 0.05) is 5.54 Å². The Labute approximate surface area is 176 Å². The van der Waals surface area contributed by atoms with Crippen LogP contribution in [0, 0.1) is 28.1 Å². The zero-order valence-electron chi connectivity index (χ0n) is 19.6. The second-order valence-corrected chi connectivity index (χ2v) is 11.2. The van der Waals surface area contributed by atoms with E-state index in [1.807, 2.05) is 19.9 Å². The molecule has 1 aromatic carbocycles. The molecule has 0 amide bonds. The molecule has 1 aliphatic rings. The minimum Gasteiger partial charge on any atom is -0.393 e. The quantitative estimate of drug-likeness (QED) is 0.518. The summed E-state index contributed by atoms with van der Waals surface area (Å²) in [6, 6.07) is 10.5. The molecule has 0 spiro atoms. The summed E-state index contributed by atoms with van der Waals surface area (Å²) in [6.45, 7) is 19.0. The van der Waals surface area contributed by atoms with Gasteiger partial charge in [0.15, 0.2) is 0 Å². The van der Waals surface area contributed by atoms with Crippen LogP contribution in [0.4, 0.5) is 0 Å². The number of hydrogen-bond acceptors (Lipinski definition) is 4. The average molecular weight is 402 g/mol. The number of ether oxygens (including phenoxy) is 1. The summed E-state index contributed by atoms with van der Waals surface area (Å²) in [4.78, 5) is 25.6. The Balaban J connectivity index is 2.70. The van der Waals surface area contributed by atoms with Gasteiger partial charge in [0.25, 0.3) is 0 Å². The zero-order chi connectivity index (χ0) is 22.4. The summed E-state index contributed by atoms with van der Waals surface area (Å²) in [5.74, 6) is -2.00. The molecule has 1 heterocycles. The van der Waals surface area contributed by atoms with E-state index < -0.39 is 34.7 Å². The van der Waals surface area contributed by atoms with Crippen molar-refractivity contribution in [3.63, 3.8) is 0 Å². The lowest BCUT2D eigenvalue weighted by atomic mass is 9.47. The summed E-state index contributed by atoms with van der Waals surface area (Å²) >= 11 is 0. The Bertz CT molecular complexity index is 755. The number of nitrogens with two attached hydrogens (primary N) is 1. The fourth-order valence-electron chi connectivity index (χ4n) is 5.91. The normalized spacial score (nSPS) is 24.2. The van der Waals surface area contributed by atoms with Gasteiger partial charge in [-0.15, -0.1) is 0 Å². The maximum atomic E-state index is 13.0. The van der Waals surface area contributed by atoms with Crippen LogP contribution in [0.25, 0.3) is 0 Å². The zero-order valence-corrected chi connectivity index (χ0v) is 19.6. The minimum atomic E-state index is -0.843. The largest absolute Gasteiger partial charge is 0.393 e. The molecule has 1 aliphatic heterocycles. The van der Waals surface area contributed by atoms with E-state index in [-0.39, 0.29) is 16.7 Å². The number of hydrogen-bond donors (Lipinski definition) is 1. The van der Waals surface area contributed by atoms with E-state index in [0.717, 1.165) is 6.42 Å². The van der Waals surface area contributed by atoms with Gasteiger partial charge in [-0.3, -0.25) is 9.59 Å². The molecule has 0 saturated carbocycles. The Kier molecular flexibility index (Phi) is 6.13. The summed E-state index contributed by atoms with van der Waals surface area (Å²) in [5, 5.41) is 0. The SMILES string of the molecule is CCC(C)(C1C(=O)OC(=O)C1C(C)(C)N)C(C)(C)C(c1ccccc1)C(C)(C)C. The van der Waals surface area contributed by atoms with Crippen molar-refractivity contribution in [1.82, 2.24) is 0 Å². The third kappa shape index (κ3) is 4.01. The highest BCUT2D eigenvalue weighted by molar-refractivity contribution is 5.97. The first-order valence-corrected chi connectivity index (χ1v) is 10.7. The van der Waals surface area contributed by atoms with Gasteiger partial charge < -0.3 is 10.5 Å². The Morgan fingerprint density at radius 2 is 1.38 bits per heavy atom. The van der Waals surface area contributed by atoms with Gasteiger partial charge in [0.05, 0.1) is 11.8 Å². The fourth-order valence-corrected chi connectivity index (χ4v) is 5.91. The molecule has 0 radical (unpaired) electrons. The molecule has 2 rings (SSSR count). The van der Waals surface area contributed by atoms with Crippen LogP contribution in [0.5, 0.6) is 0 Å². The van der Waals surface area contributed by atoms with Crippen molar-refractivity contribution in [3.8, 4) is 0 Å². The van der Waals surface area contributed by atoms with Crippen LogP contribution in [-0.2, 0) is 14.3 Å². The van der Waals surface area contributed by atoms with Crippen LogP contribution in [-0.4, -0.2) is 17.5 Å². The molecule has 0 bridgehead atoms. The first-order chi connectivity index (χ1) is 13.1. The summed E-state index contributed by atoms with van der Waals surface area (Å²) in [7, 11) is 0. The third-order valence-corrected chi connectivity index (χ3v) is 7.46. The molecular formula is C25H39NO3. The molecule has 2 N–H and O–H groups in total. The molecule has 0 aromatic heterocycles. The van der Waals surface area contributed by atoms with E-state index in [2.05, 4.69) is 72.7 Å². The molecule has 0 aliphatic carbocycles. The molecule has 4 heteroatoms. The number of esters is 2. The molecule has 1 aromatic rings. The Morgan fingerprint density at radius 3 is 1.79 bits per heavy atom. The van der Waals surface area contributed by atoms with Gasteiger partial charge in [0.2, 0.25) is 0 Å². The van der Waals surface area contributed by atoms with E-state index in [9.17, 15) is 9.59 Å². The lowest BCUT2D eigenvalue weighted by Crippen LogP contribution is -2.56. The van der Waals surface area contributed by atoms with E-state index in [1.54, 1.807) is 0 Å². The van der Waals surface area contributed by atoms with Gasteiger partial charge in [-0.1, -0.05) is 78.8 Å². The monoisotopic (exact) mass is 401 g/mol. The maximum Gasteiger partial charge on any atom is 0.319 e. The molecule has 4 atom stereocenters. The van der Waals surface area contributed by atoms with Gasteiger partial charge in [-0.2, -0.15) is 0 Å². The highest BCUT2D eigenvalue weighted by atomic mass is 16.6. The molecule has 29 heavy (non-hydrogen) atoms. The topological polar surface area (TPSA) is 69.4 Å². The summed E-state index contributed by atoms with van der Waals surface area (Å²) < 4.78 is 5.17. The number of benzene rings is 1. The maximum absolute atomic E-state index is 13.0. The molecule has 1 fully saturated rings. The first-order valence-electron chi connectivity index (χ1n) is 10.7. The van der Waals surface area contributed by atoms with E-state index in [0.29, 0.717) is 0 Å². The predicted octanol–water partition coefficient (Wildman–Crippen LogP) is 5.31. The van der Waals surface area contributed by atoms with Crippen molar-refractivity contribution in [2.45, 2.75) is 80.2 Å². The number of rotatable bonds is 6. The third-order valence-electron chi connectivity index (χ3n) is 7.46. The van der Waals surface area contributed by atoms with Gasteiger partial charge in [-0.25, -0.2) is 0 Å². The Morgan fingerprint density at radius 1 is 0.897 bits per heavy atom. The van der Waals surface area contributed by atoms with Crippen LogP contribution in [0.1, 0.15) is 80.2 Å². The summed E-state index contributed by atoms with van der Waals surface area (Å²) in [5.41, 5.74) is 5.93. The summed E-state index contributed by atoms with van der Waals surface area (Å²) in [6.07, 6.45) is 0.735. The molecule has 1 saturated heterocycles. The minimum absolute atomic E-state index is 0.0540. The molecule has 4 unspecified atom stereocenters. The van der Waals surface area contributed by atoms with Crippen molar-refractivity contribution >= 4 is 11.9 Å².